The van der Waals surface area contributed by atoms with Crippen LogP contribution in [0.3, 0.4) is 0 Å². The summed E-state index contributed by atoms with van der Waals surface area (Å²) in [5, 5.41) is 8.70. The molecule has 1 aromatic carbocycles. The summed E-state index contributed by atoms with van der Waals surface area (Å²) in [6.07, 6.45) is -1.19. The number of benzene rings is 1. The monoisotopic (exact) mass is 255 g/mol. The molecular weight excluding hydrogens is 242 g/mol. The van der Waals surface area contributed by atoms with E-state index in [0.717, 1.165) is 11.1 Å². The molecule has 5 heteroatoms. The second-order valence-corrected chi connectivity index (χ2v) is 4.61. The molecule has 0 radical (unpaired) electrons. The molecule has 2 rings (SSSR count). The van der Waals surface area contributed by atoms with Crippen molar-refractivity contribution in [2.45, 2.75) is 11.5 Å². The number of ether oxygens (including phenoxy) is 1. The van der Waals surface area contributed by atoms with E-state index in [1.165, 1.54) is 11.9 Å². The van der Waals surface area contributed by atoms with Gasteiger partial charge in [-0.15, -0.1) is 11.6 Å². The summed E-state index contributed by atoms with van der Waals surface area (Å²) in [6.45, 7) is 0.729. The van der Waals surface area contributed by atoms with Crippen LogP contribution in [0.1, 0.15) is 22.6 Å². The van der Waals surface area contributed by atoms with E-state index in [1.54, 1.807) is 0 Å². The molecule has 0 saturated carbocycles. The molecule has 0 bridgehead atoms. The van der Waals surface area contributed by atoms with Gasteiger partial charge in [0.2, 0.25) is 0 Å². The number of nitrogens with zero attached hydrogens (tertiary/aromatic N) is 1. The molecule has 0 saturated heterocycles. The van der Waals surface area contributed by atoms with Crippen LogP contribution in [0.5, 0.6) is 0 Å². The Morgan fingerprint density at radius 1 is 1.53 bits per heavy atom. The topological polar surface area (TPSA) is 49.8 Å². The van der Waals surface area contributed by atoms with Crippen LogP contribution in [0.15, 0.2) is 24.3 Å². The summed E-state index contributed by atoms with van der Waals surface area (Å²) >= 11 is 6.16. The molecular formula is C12H14ClNO3. The molecule has 1 amide bonds. The summed E-state index contributed by atoms with van der Waals surface area (Å²) in [5.41, 5.74) is 2.01. The van der Waals surface area contributed by atoms with Crippen LogP contribution >= 0.6 is 11.6 Å². The van der Waals surface area contributed by atoms with E-state index in [0.29, 0.717) is 13.2 Å². The average Bonchev–Trinajstić information content (AvgIpc) is 2.33. The molecule has 1 aliphatic heterocycles. The van der Waals surface area contributed by atoms with Crippen LogP contribution < -0.4 is 0 Å². The highest BCUT2D eigenvalue weighted by molar-refractivity contribution is 6.21. The highest BCUT2D eigenvalue weighted by atomic mass is 35.5. The Morgan fingerprint density at radius 3 is 2.82 bits per heavy atom. The van der Waals surface area contributed by atoms with Crippen molar-refractivity contribution < 1.29 is 14.6 Å². The van der Waals surface area contributed by atoms with Crippen LogP contribution in [-0.4, -0.2) is 36.3 Å². The highest BCUT2D eigenvalue weighted by Crippen LogP contribution is 2.36. The van der Waals surface area contributed by atoms with Gasteiger partial charge in [0.1, 0.15) is 6.10 Å². The number of hydrogen-bond acceptors (Lipinski definition) is 2. The first-order valence-electron chi connectivity index (χ1n) is 5.38. The van der Waals surface area contributed by atoms with E-state index < -0.39 is 6.09 Å². The molecule has 0 fully saturated rings. The van der Waals surface area contributed by atoms with Gasteiger partial charge in [-0.2, -0.15) is 0 Å². The molecule has 2 atom stereocenters. The lowest BCUT2D eigenvalue weighted by Gasteiger charge is -2.31. The van der Waals surface area contributed by atoms with Gasteiger partial charge in [-0.25, -0.2) is 4.79 Å². The van der Waals surface area contributed by atoms with Crippen LogP contribution in [-0.2, 0) is 4.74 Å². The van der Waals surface area contributed by atoms with Gasteiger partial charge in [0.25, 0.3) is 0 Å². The number of fused-ring (bicyclic) bond motifs is 1. The number of halogens is 1. The van der Waals surface area contributed by atoms with E-state index in [9.17, 15) is 4.79 Å². The fourth-order valence-electron chi connectivity index (χ4n) is 1.95. The quantitative estimate of drug-likeness (QED) is 0.827. The summed E-state index contributed by atoms with van der Waals surface area (Å²) in [5.74, 6) is 0. The largest absolute Gasteiger partial charge is 0.465 e. The van der Waals surface area contributed by atoms with Crippen molar-refractivity contribution in [3.63, 3.8) is 0 Å². The second kappa shape index (κ2) is 4.94. The van der Waals surface area contributed by atoms with E-state index in [-0.39, 0.29) is 11.5 Å². The first-order chi connectivity index (χ1) is 8.09. The SMILES string of the molecule is CN(CC1OCC(Cl)c2ccccc21)C(=O)O. The number of rotatable bonds is 2. The number of amides is 1. The van der Waals surface area contributed by atoms with Gasteiger partial charge in [0, 0.05) is 7.05 Å². The first kappa shape index (κ1) is 12.2. The number of hydrogen-bond donors (Lipinski definition) is 1. The Kier molecular flexibility index (Phi) is 3.54. The molecule has 17 heavy (non-hydrogen) atoms. The predicted octanol–water partition coefficient (Wildman–Crippen LogP) is 2.65. The highest BCUT2D eigenvalue weighted by Gasteiger charge is 2.27. The minimum Gasteiger partial charge on any atom is -0.465 e. The Bertz CT molecular complexity index is 424. The maximum atomic E-state index is 10.8. The summed E-state index contributed by atoms with van der Waals surface area (Å²) < 4.78 is 5.60. The minimum absolute atomic E-state index is 0.155. The molecule has 0 spiro atoms. The minimum atomic E-state index is -0.959. The van der Waals surface area contributed by atoms with Gasteiger partial charge in [-0.05, 0) is 11.1 Å². The van der Waals surface area contributed by atoms with Gasteiger partial charge in [0.15, 0.2) is 0 Å². The lowest BCUT2D eigenvalue weighted by molar-refractivity contribution is 0.0202. The fourth-order valence-corrected chi connectivity index (χ4v) is 2.22. The average molecular weight is 256 g/mol. The van der Waals surface area contributed by atoms with Crippen molar-refractivity contribution >= 4 is 17.7 Å². The third-order valence-corrected chi connectivity index (χ3v) is 3.25. The summed E-state index contributed by atoms with van der Waals surface area (Å²) in [7, 11) is 1.53. The normalized spacial score (nSPS) is 22.9. The molecule has 0 aliphatic carbocycles. The molecule has 4 nitrogen and oxygen atoms in total. The zero-order chi connectivity index (χ0) is 12.4. The van der Waals surface area contributed by atoms with E-state index in [1.807, 2.05) is 24.3 Å². The number of likely N-dealkylation sites (N-methyl/N-ethyl adjacent to an activating group) is 1. The molecule has 1 aromatic rings. The molecule has 92 valence electrons. The van der Waals surface area contributed by atoms with Crippen molar-refractivity contribution in [3.05, 3.63) is 35.4 Å². The zero-order valence-corrected chi connectivity index (χ0v) is 10.2. The van der Waals surface area contributed by atoms with Crippen molar-refractivity contribution in [1.82, 2.24) is 4.90 Å². The maximum absolute atomic E-state index is 10.8. The van der Waals surface area contributed by atoms with Gasteiger partial charge in [-0.3, -0.25) is 0 Å². The van der Waals surface area contributed by atoms with Crippen LogP contribution in [0.4, 0.5) is 4.79 Å². The maximum Gasteiger partial charge on any atom is 0.407 e. The third-order valence-electron chi connectivity index (χ3n) is 2.89. The Hall–Kier alpha value is -1.26. The number of carbonyl (C=O) groups is 1. The Labute approximate surface area is 105 Å². The molecule has 1 heterocycles. The van der Waals surface area contributed by atoms with Gasteiger partial charge in [-0.1, -0.05) is 24.3 Å². The van der Waals surface area contributed by atoms with Gasteiger partial charge >= 0.3 is 6.09 Å². The first-order valence-corrected chi connectivity index (χ1v) is 5.82. The molecule has 0 aromatic heterocycles. The van der Waals surface area contributed by atoms with E-state index in [4.69, 9.17) is 21.4 Å². The van der Waals surface area contributed by atoms with Crippen molar-refractivity contribution in [2.24, 2.45) is 0 Å². The summed E-state index contributed by atoms with van der Waals surface area (Å²) in [6, 6.07) is 7.73. The lowest BCUT2D eigenvalue weighted by atomic mass is 9.97. The smallest absolute Gasteiger partial charge is 0.407 e. The van der Waals surface area contributed by atoms with Gasteiger partial charge in [0.05, 0.1) is 18.5 Å². The van der Waals surface area contributed by atoms with Crippen LogP contribution in [0, 0.1) is 0 Å². The number of carboxylic acid groups (broad SMARTS) is 1. The number of alkyl halides is 1. The van der Waals surface area contributed by atoms with Crippen LogP contribution in [0.25, 0.3) is 0 Å². The lowest BCUT2D eigenvalue weighted by Crippen LogP contribution is -2.33. The zero-order valence-electron chi connectivity index (χ0n) is 9.47. The predicted molar refractivity (Wildman–Crippen MR) is 64.4 cm³/mol. The van der Waals surface area contributed by atoms with Gasteiger partial charge < -0.3 is 14.7 Å². The summed E-state index contributed by atoms with van der Waals surface area (Å²) in [4.78, 5) is 12.0. The standard InChI is InChI=1S/C12H14ClNO3/c1-14(12(15)16)6-11-9-5-3-2-4-8(9)10(13)7-17-11/h2-5,10-11H,6-7H2,1H3,(H,15,16). The second-order valence-electron chi connectivity index (χ2n) is 4.08. The molecule has 1 aliphatic rings. The fraction of sp³-hybridized carbons (Fsp3) is 0.417. The van der Waals surface area contributed by atoms with E-state index >= 15 is 0 Å². The van der Waals surface area contributed by atoms with Crippen molar-refractivity contribution in [3.8, 4) is 0 Å². The van der Waals surface area contributed by atoms with E-state index in [2.05, 4.69) is 0 Å². The molecule has 1 N–H and O–H groups in total. The molecule has 2 unspecified atom stereocenters. The third kappa shape index (κ3) is 2.53. The Morgan fingerprint density at radius 2 is 2.18 bits per heavy atom. The van der Waals surface area contributed by atoms with Crippen LogP contribution in [0.2, 0.25) is 0 Å². The van der Waals surface area contributed by atoms with Crippen molar-refractivity contribution in [1.29, 1.82) is 0 Å². The van der Waals surface area contributed by atoms with Crippen molar-refractivity contribution in [2.75, 3.05) is 20.2 Å². The Balaban J connectivity index is 2.21.